The Kier molecular flexibility index (Phi) is 2.89. The number of hydrogen-bond acceptors (Lipinski definition) is 2. The minimum absolute atomic E-state index is 0.151. The molecule has 2 atom stereocenters. The van der Waals surface area contributed by atoms with Crippen LogP contribution in [-0.4, -0.2) is 35.1 Å². The van der Waals surface area contributed by atoms with E-state index in [1.54, 1.807) is 0 Å². The highest BCUT2D eigenvalue weighted by Gasteiger charge is 2.48. The second-order valence-electron chi connectivity index (χ2n) is 6.44. The van der Waals surface area contributed by atoms with Gasteiger partial charge >= 0.3 is 5.97 Å². The lowest BCUT2D eigenvalue weighted by Crippen LogP contribution is -2.39. The first-order chi connectivity index (χ1) is 8.19. The average Bonchev–Trinajstić information content (AvgIpc) is 2.91. The van der Waals surface area contributed by atoms with Gasteiger partial charge in [0.05, 0.1) is 6.42 Å². The fourth-order valence-electron chi connectivity index (χ4n) is 4.02. The van der Waals surface area contributed by atoms with Gasteiger partial charge in [0.1, 0.15) is 0 Å². The van der Waals surface area contributed by atoms with E-state index in [1.807, 2.05) is 0 Å². The second kappa shape index (κ2) is 4.27. The molecule has 0 bridgehead atoms. The van der Waals surface area contributed by atoms with Gasteiger partial charge in [0, 0.05) is 12.6 Å². The van der Waals surface area contributed by atoms with Crippen molar-refractivity contribution in [3.8, 4) is 0 Å². The molecule has 3 nitrogen and oxygen atoms in total. The molecule has 2 aliphatic carbocycles. The molecule has 3 rings (SSSR count). The normalized spacial score (nSPS) is 35.5. The Labute approximate surface area is 103 Å². The van der Waals surface area contributed by atoms with Crippen molar-refractivity contribution in [2.45, 2.75) is 57.4 Å². The van der Waals surface area contributed by atoms with Crippen molar-refractivity contribution < 1.29 is 9.90 Å². The molecule has 2 saturated carbocycles. The average molecular weight is 237 g/mol. The number of rotatable bonds is 4. The van der Waals surface area contributed by atoms with Crippen LogP contribution in [-0.2, 0) is 4.79 Å². The Morgan fingerprint density at radius 3 is 2.71 bits per heavy atom. The van der Waals surface area contributed by atoms with Gasteiger partial charge in [-0.15, -0.1) is 0 Å². The van der Waals surface area contributed by atoms with Crippen LogP contribution in [0.15, 0.2) is 0 Å². The quantitative estimate of drug-likeness (QED) is 0.816. The lowest BCUT2D eigenvalue weighted by atomic mass is 9.85. The zero-order valence-corrected chi connectivity index (χ0v) is 10.5. The Morgan fingerprint density at radius 1 is 1.24 bits per heavy atom. The van der Waals surface area contributed by atoms with E-state index in [4.69, 9.17) is 5.11 Å². The van der Waals surface area contributed by atoms with Crippen LogP contribution in [0.2, 0.25) is 0 Å². The fourth-order valence-corrected chi connectivity index (χ4v) is 4.02. The number of fused-ring (bicyclic) bond motifs is 1. The summed E-state index contributed by atoms with van der Waals surface area (Å²) in [6.45, 7) is 2.27. The molecule has 1 N–H and O–H groups in total. The number of aliphatic carboxylic acids is 1. The Balaban J connectivity index is 1.60. The van der Waals surface area contributed by atoms with E-state index in [0.717, 1.165) is 31.3 Å². The molecule has 1 aliphatic heterocycles. The van der Waals surface area contributed by atoms with Gasteiger partial charge < -0.3 is 5.11 Å². The van der Waals surface area contributed by atoms with E-state index in [2.05, 4.69) is 4.90 Å². The lowest BCUT2D eigenvalue weighted by molar-refractivity contribution is -0.138. The summed E-state index contributed by atoms with van der Waals surface area (Å²) in [7, 11) is 0. The maximum absolute atomic E-state index is 10.9. The van der Waals surface area contributed by atoms with E-state index in [0.29, 0.717) is 6.42 Å². The first-order valence-corrected chi connectivity index (χ1v) is 7.14. The third-order valence-corrected chi connectivity index (χ3v) is 5.15. The Morgan fingerprint density at radius 2 is 2.00 bits per heavy atom. The van der Waals surface area contributed by atoms with Gasteiger partial charge in [-0.05, 0) is 50.0 Å². The molecule has 0 amide bonds. The summed E-state index contributed by atoms with van der Waals surface area (Å²) >= 11 is 0. The minimum atomic E-state index is -0.609. The van der Waals surface area contributed by atoms with E-state index in [1.165, 1.54) is 38.6 Å². The smallest absolute Gasteiger partial charge is 0.303 e. The van der Waals surface area contributed by atoms with Crippen LogP contribution < -0.4 is 0 Å². The lowest BCUT2D eigenvalue weighted by Gasteiger charge is -2.33. The van der Waals surface area contributed by atoms with Crippen molar-refractivity contribution in [1.82, 2.24) is 4.90 Å². The first-order valence-electron chi connectivity index (χ1n) is 7.14. The van der Waals surface area contributed by atoms with Gasteiger partial charge in [0.15, 0.2) is 0 Å². The number of nitrogens with zero attached hydrogens (tertiary/aromatic N) is 1. The van der Waals surface area contributed by atoms with Gasteiger partial charge in [0.2, 0.25) is 0 Å². The Bertz CT molecular complexity index is 311. The van der Waals surface area contributed by atoms with Crippen molar-refractivity contribution in [1.29, 1.82) is 0 Å². The summed E-state index contributed by atoms with van der Waals surface area (Å²) in [6, 6.07) is 0.787. The molecule has 2 unspecified atom stereocenters. The number of carboxylic acid groups (broad SMARTS) is 1. The maximum atomic E-state index is 10.9. The predicted octanol–water partition coefficient (Wildman–Crippen LogP) is 2.51. The van der Waals surface area contributed by atoms with Crippen molar-refractivity contribution in [3.05, 3.63) is 0 Å². The molecule has 0 aromatic rings. The molecule has 0 aromatic carbocycles. The highest BCUT2D eigenvalue weighted by atomic mass is 16.4. The topological polar surface area (TPSA) is 40.5 Å². The monoisotopic (exact) mass is 237 g/mol. The summed E-state index contributed by atoms with van der Waals surface area (Å²) in [4.78, 5) is 13.5. The van der Waals surface area contributed by atoms with Crippen LogP contribution in [0.4, 0.5) is 0 Å². The molecule has 96 valence electrons. The molecule has 3 aliphatic rings. The summed E-state index contributed by atoms with van der Waals surface area (Å²) in [6.07, 6.45) is 9.56. The molecule has 1 heterocycles. The zero-order valence-electron chi connectivity index (χ0n) is 10.5. The van der Waals surface area contributed by atoms with Crippen LogP contribution in [0.5, 0.6) is 0 Å². The second-order valence-corrected chi connectivity index (χ2v) is 6.44. The highest BCUT2D eigenvalue weighted by molar-refractivity contribution is 5.68. The van der Waals surface area contributed by atoms with Crippen LogP contribution in [0, 0.1) is 11.3 Å². The van der Waals surface area contributed by atoms with Crippen molar-refractivity contribution in [2.75, 3.05) is 13.1 Å². The summed E-state index contributed by atoms with van der Waals surface area (Å²) in [5, 5.41) is 8.98. The summed E-state index contributed by atoms with van der Waals surface area (Å²) in [5.41, 5.74) is 0.151. The van der Waals surface area contributed by atoms with Crippen molar-refractivity contribution in [3.63, 3.8) is 0 Å². The summed E-state index contributed by atoms with van der Waals surface area (Å²) < 4.78 is 0. The van der Waals surface area contributed by atoms with Crippen LogP contribution in [0.3, 0.4) is 0 Å². The summed E-state index contributed by atoms with van der Waals surface area (Å²) in [5.74, 6) is 0.311. The van der Waals surface area contributed by atoms with E-state index in [9.17, 15) is 4.79 Å². The molecular weight excluding hydrogens is 214 g/mol. The SMILES string of the molecule is O=C(O)CC1(CN2CCC3CCCCC32)CC1. The number of likely N-dealkylation sites (tertiary alicyclic amines) is 1. The fraction of sp³-hybridized carbons (Fsp3) is 0.929. The Hall–Kier alpha value is -0.570. The maximum Gasteiger partial charge on any atom is 0.303 e. The standard InChI is InChI=1S/C14H23NO2/c16-13(17)9-14(6-7-14)10-15-8-5-11-3-1-2-4-12(11)15/h11-12H,1-10H2,(H,16,17). The molecule has 17 heavy (non-hydrogen) atoms. The molecule has 3 fully saturated rings. The van der Waals surface area contributed by atoms with E-state index >= 15 is 0 Å². The molecule has 0 aromatic heterocycles. The van der Waals surface area contributed by atoms with E-state index < -0.39 is 5.97 Å². The molecule has 0 radical (unpaired) electrons. The van der Waals surface area contributed by atoms with Crippen LogP contribution >= 0.6 is 0 Å². The van der Waals surface area contributed by atoms with E-state index in [-0.39, 0.29) is 5.41 Å². The van der Waals surface area contributed by atoms with Crippen LogP contribution in [0.25, 0.3) is 0 Å². The highest BCUT2D eigenvalue weighted by Crippen LogP contribution is 2.51. The number of carbonyl (C=O) groups is 1. The van der Waals surface area contributed by atoms with Crippen molar-refractivity contribution >= 4 is 5.97 Å². The molecule has 0 spiro atoms. The van der Waals surface area contributed by atoms with Crippen LogP contribution in [0.1, 0.15) is 51.4 Å². The van der Waals surface area contributed by atoms with Crippen molar-refractivity contribution in [2.24, 2.45) is 11.3 Å². The minimum Gasteiger partial charge on any atom is -0.481 e. The largest absolute Gasteiger partial charge is 0.481 e. The molecular formula is C14H23NO2. The number of carboxylic acids is 1. The van der Waals surface area contributed by atoms with Gasteiger partial charge in [-0.1, -0.05) is 12.8 Å². The van der Waals surface area contributed by atoms with Gasteiger partial charge in [0.25, 0.3) is 0 Å². The third-order valence-electron chi connectivity index (χ3n) is 5.15. The predicted molar refractivity (Wildman–Crippen MR) is 65.9 cm³/mol. The zero-order chi connectivity index (χ0) is 11.9. The van der Waals surface area contributed by atoms with Gasteiger partial charge in [-0.25, -0.2) is 0 Å². The van der Waals surface area contributed by atoms with Gasteiger partial charge in [-0.3, -0.25) is 9.69 Å². The first kappa shape index (κ1) is 11.5. The third kappa shape index (κ3) is 2.35. The molecule has 1 saturated heterocycles. The number of hydrogen-bond donors (Lipinski definition) is 1. The van der Waals surface area contributed by atoms with Gasteiger partial charge in [-0.2, -0.15) is 0 Å². The molecule has 3 heteroatoms.